The van der Waals surface area contributed by atoms with Crippen LogP contribution >= 0.6 is 0 Å². The summed E-state index contributed by atoms with van der Waals surface area (Å²) in [5.74, 6) is -0.339. The highest BCUT2D eigenvalue weighted by Crippen LogP contribution is 2.08. The molecule has 84 valence electrons. The fourth-order valence-corrected chi connectivity index (χ4v) is 1.22. The van der Waals surface area contributed by atoms with E-state index in [2.05, 4.69) is 23.1 Å². The van der Waals surface area contributed by atoms with Crippen LogP contribution in [0.15, 0.2) is 42.1 Å². The molecule has 0 amide bonds. The molecule has 0 aliphatic rings. The summed E-state index contributed by atoms with van der Waals surface area (Å²) in [4.78, 5) is 11.2. The number of hydrogen-bond acceptors (Lipinski definition) is 4. The van der Waals surface area contributed by atoms with Crippen LogP contribution in [0.2, 0.25) is 0 Å². The molecule has 0 heterocycles. The van der Waals surface area contributed by atoms with Crippen LogP contribution in [-0.2, 0) is 11.3 Å². The van der Waals surface area contributed by atoms with Gasteiger partial charge in [0.05, 0.1) is 19.2 Å². The Bertz CT molecular complexity index is 377. The SMILES string of the molecule is C=CN(Cc1ccc(C(=O)OC)cc1)N=C. The first-order valence-corrected chi connectivity index (χ1v) is 4.74. The van der Waals surface area contributed by atoms with Crippen molar-refractivity contribution in [2.45, 2.75) is 6.54 Å². The van der Waals surface area contributed by atoms with E-state index in [9.17, 15) is 4.79 Å². The van der Waals surface area contributed by atoms with Gasteiger partial charge >= 0.3 is 5.97 Å². The first kappa shape index (κ1) is 12.0. The lowest BCUT2D eigenvalue weighted by Crippen LogP contribution is -2.08. The molecule has 0 aliphatic heterocycles. The second kappa shape index (κ2) is 5.70. The Morgan fingerprint density at radius 3 is 2.56 bits per heavy atom. The van der Waals surface area contributed by atoms with Crippen molar-refractivity contribution in [3.63, 3.8) is 0 Å². The van der Waals surface area contributed by atoms with Crippen LogP contribution in [0.1, 0.15) is 15.9 Å². The Balaban J connectivity index is 2.74. The topological polar surface area (TPSA) is 41.9 Å². The number of carbonyl (C=O) groups is 1. The second-order valence-corrected chi connectivity index (χ2v) is 3.11. The van der Waals surface area contributed by atoms with Crippen molar-refractivity contribution in [1.82, 2.24) is 5.01 Å². The number of ether oxygens (including phenoxy) is 1. The van der Waals surface area contributed by atoms with Crippen molar-refractivity contribution < 1.29 is 9.53 Å². The van der Waals surface area contributed by atoms with Gasteiger partial charge in [0.1, 0.15) is 0 Å². The lowest BCUT2D eigenvalue weighted by atomic mass is 10.1. The van der Waals surface area contributed by atoms with Crippen LogP contribution in [0.3, 0.4) is 0 Å². The molecule has 4 nitrogen and oxygen atoms in total. The maximum absolute atomic E-state index is 11.2. The molecular formula is C12H14N2O2. The second-order valence-electron chi connectivity index (χ2n) is 3.11. The first-order chi connectivity index (χ1) is 7.71. The van der Waals surface area contributed by atoms with Crippen LogP contribution < -0.4 is 0 Å². The fraction of sp³-hybridized carbons (Fsp3) is 0.167. The average Bonchev–Trinajstić information content (AvgIpc) is 2.35. The third kappa shape index (κ3) is 2.95. The molecule has 0 radical (unpaired) electrons. The van der Waals surface area contributed by atoms with E-state index >= 15 is 0 Å². The van der Waals surface area contributed by atoms with E-state index in [1.165, 1.54) is 7.11 Å². The average molecular weight is 218 g/mol. The predicted octanol–water partition coefficient (Wildman–Crippen LogP) is 2.03. The van der Waals surface area contributed by atoms with Crippen molar-refractivity contribution in [3.8, 4) is 0 Å². The Labute approximate surface area is 94.8 Å². The van der Waals surface area contributed by atoms with Gasteiger partial charge in [0.25, 0.3) is 0 Å². The molecule has 0 saturated carbocycles. The Hall–Kier alpha value is -2.10. The third-order valence-corrected chi connectivity index (χ3v) is 2.11. The highest BCUT2D eigenvalue weighted by Gasteiger charge is 2.04. The molecule has 0 fully saturated rings. The molecule has 0 unspecified atom stereocenters. The largest absolute Gasteiger partial charge is 0.465 e. The lowest BCUT2D eigenvalue weighted by molar-refractivity contribution is 0.0600. The minimum atomic E-state index is -0.339. The van der Waals surface area contributed by atoms with Gasteiger partial charge in [-0.05, 0) is 17.7 Å². The maximum atomic E-state index is 11.2. The van der Waals surface area contributed by atoms with Crippen LogP contribution in [0.25, 0.3) is 0 Å². The Morgan fingerprint density at radius 1 is 1.50 bits per heavy atom. The summed E-state index contributed by atoms with van der Waals surface area (Å²) in [6.07, 6.45) is 1.58. The minimum Gasteiger partial charge on any atom is -0.465 e. The molecule has 0 spiro atoms. The van der Waals surface area contributed by atoms with Crippen molar-refractivity contribution in [2.75, 3.05) is 7.11 Å². The standard InChI is InChI=1S/C12H14N2O2/c1-4-14(13-2)9-10-5-7-11(8-6-10)12(15)16-3/h4-8H,1-2,9H2,3H3. The van der Waals surface area contributed by atoms with Gasteiger partial charge in [0, 0.05) is 12.9 Å². The Morgan fingerprint density at radius 2 is 2.12 bits per heavy atom. The highest BCUT2D eigenvalue weighted by atomic mass is 16.5. The Kier molecular flexibility index (Phi) is 4.27. The maximum Gasteiger partial charge on any atom is 0.337 e. The summed E-state index contributed by atoms with van der Waals surface area (Å²) in [6.45, 7) is 7.60. The molecule has 1 aromatic carbocycles. The van der Waals surface area contributed by atoms with E-state index in [1.54, 1.807) is 23.3 Å². The van der Waals surface area contributed by atoms with Crippen molar-refractivity contribution >= 4 is 12.7 Å². The summed E-state index contributed by atoms with van der Waals surface area (Å²) in [6, 6.07) is 7.11. The molecular weight excluding hydrogens is 204 g/mol. The quantitative estimate of drug-likeness (QED) is 0.431. The number of carbonyl (C=O) groups excluding carboxylic acids is 1. The van der Waals surface area contributed by atoms with Gasteiger partial charge < -0.3 is 4.74 Å². The van der Waals surface area contributed by atoms with Crippen molar-refractivity contribution in [2.24, 2.45) is 5.10 Å². The number of nitrogens with zero attached hydrogens (tertiary/aromatic N) is 2. The van der Waals surface area contributed by atoms with Crippen LogP contribution in [0.4, 0.5) is 0 Å². The van der Waals surface area contributed by atoms with E-state index < -0.39 is 0 Å². The number of benzene rings is 1. The van der Waals surface area contributed by atoms with Crippen LogP contribution in [0.5, 0.6) is 0 Å². The van der Waals surface area contributed by atoms with Crippen LogP contribution in [0, 0.1) is 0 Å². The van der Waals surface area contributed by atoms with Crippen molar-refractivity contribution in [3.05, 3.63) is 48.2 Å². The molecule has 0 N–H and O–H groups in total. The molecule has 4 heteroatoms. The lowest BCUT2D eigenvalue weighted by Gasteiger charge is -2.12. The molecule has 0 saturated heterocycles. The van der Waals surface area contributed by atoms with E-state index in [-0.39, 0.29) is 5.97 Å². The monoisotopic (exact) mass is 218 g/mol. The summed E-state index contributed by atoms with van der Waals surface area (Å²) in [5.41, 5.74) is 1.54. The van der Waals surface area contributed by atoms with Gasteiger partial charge in [-0.1, -0.05) is 18.7 Å². The zero-order valence-electron chi connectivity index (χ0n) is 9.22. The summed E-state index contributed by atoms with van der Waals surface area (Å²) < 4.78 is 4.61. The third-order valence-electron chi connectivity index (χ3n) is 2.11. The molecule has 0 aromatic heterocycles. The molecule has 0 bridgehead atoms. The molecule has 1 rings (SSSR count). The smallest absolute Gasteiger partial charge is 0.337 e. The van der Waals surface area contributed by atoms with E-state index in [0.717, 1.165) is 5.56 Å². The van der Waals surface area contributed by atoms with Crippen LogP contribution in [-0.4, -0.2) is 24.8 Å². The van der Waals surface area contributed by atoms with E-state index in [4.69, 9.17) is 0 Å². The number of rotatable bonds is 5. The molecule has 16 heavy (non-hydrogen) atoms. The van der Waals surface area contributed by atoms with Gasteiger partial charge in [-0.2, -0.15) is 5.10 Å². The molecule has 0 aliphatic carbocycles. The van der Waals surface area contributed by atoms with Gasteiger partial charge in [-0.3, -0.25) is 5.01 Å². The molecule has 0 atom stereocenters. The zero-order chi connectivity index (χ0) is 12.0. The van der Waals surface area contributed by atoms with Gasteiger partial charge in [0.2, 0.25) is 0 Å². The summed E-state index contributed by atoms with van der Waals surface area (Å²) >= 11 is 0. The number of esters is 1. The first-order valence-electron chi connectivity index (χ1n) is 4.74. The number of hydrogen-bond donors (Lipinski definition) is 0. The van der Waals surface area contributed by atoms with Gasteiger partial charge in [0.15, 0.2) is 0 Å². The van der Waals surface area contributed by atoms with Gasteiger partial charge in [-0.25, -0.2) is 4.79 Å². The van der Waals surface area contributed by atoms with E-state index in [1.807, 2.05) is 12.1 Å². The summed E-state index contributed by atoms with van der Waals surface area (Å²) in [5, 5.41) is 5.35. The normalized spacial score (nSPS) is 9.31. The summed E-state index contributed by atoms with van der Waals surface area (Å²) in [7, 11) is 1.36. The predicted molar refractivity (Wildman–Crippen MR) is 63.1 cm³/mol. The minimum absolute atomic E-state index is 0.339. The van der Waals surface area contributed by atoms with E-state index in [0.29, 0.717) is 12.1 Å². The highest BCUT2D eigenvalue weighted by molar-refractivity contribution is 5.89. The van der Waals surface area contributed by atoms with Crippen molar-refractivity contribution in [1.29, 1.82) is 0 Å². The fourth-order valence-electron chi connectivity index (χ4n) is 1.22. The van der Waals surface area contributed by atoms with Gasteiger partial charge in [-0.15, -0.1) is 0 Å². The zero-order valence-corrected chi connectivity index (χ0v) is 9.22. The number of methoxy groups -OCH3 is 1. The number of hydrazone groups is 1. The molecule has 1 aromatic rings.